The normalized spacial score (nSPS) is 17.5. The average molecular weight is 354 g/mol. The van der Waals surface area contributed by atoms with Crippen LogP contribution in [0.5, 0.6) is 0 Å². The van der Waals surface area contributed by atoms with Crippen molar-refractivity contribution >= 4 is 18.0 Å². The topological polar surface area (TPSA) is 88.2 Å². The zero-order chi connectivity index (χ0) is 18.2. The van der Waals surface area contributed by atoms with Crippen molar-refractivity contribution < 1.29 is 27.5 Å². The van der Waals surface area contributed by atoms with Crippen LogP contribution in [0.4, 0.5) is 18.0 Å². The summed E-state index contributed by atoms with van der Waals surface area (Å²) in [5.74, 6) is -0.756. The van der Waals surface area contributed by atoms with E-state index in [0.29, 0.717) is 0 Å². The van der Waals surface area contributed by atoms with Gasteiger partial charge in [0.2, 0.25) is 0 Å². The van der Waals surface area contributed by atoms with Crippen LogP contribution in [0, 0.1) is 0 Å². The third-order valence-corrected chi connectivity index (χ3v) is 3.79. The van der Waals surface area contributed by atoms with E-state index < -0.39 is 23.7 Å². The van der Waals surface area contributed by atoms with E-state index in [1.54, 1.807) is 0 Å². The summed E-state index contributed by atoms with van der Waals surface area (Å²) in [6.07, 6.45) is -3.44. The predicted molar refractivity (Wildman–Crippen MR) is 79.8 cm³/mol. The molecule has 3 amide bonds. The number of benzene rings is 1. The van der Waals surface area contributed by atoms with Crippen LogP contribution in [0.25, 0.3) is 0 Å². The second kappa shape index (κ2) is 6.11. The molecule has 0 fully saturated rings. The van der Waals surface area contributed by atoms with Crippen molar-refractivity contribution in [1.29, 1.82) is 0 Å². The number of primary amides is 1. The van der Waals surface area contributed by atoms with Crippen LogP contribution in [0.2, 0.25) is 0 Å². The number of hydrogen-bond donors (Lipinski definition) is 1. The summed E-state index contributed by atoms with van der Waals surface area (Å²) in [5.41, 5.74) is 4.39. The Bertz CT molecular complexity index is 788. The molecule has 2 N–H and O–H groups in total. The van der Waals surface area contributed by atoms with Crippen LogP contribution >= 0.6 is 0 Å². The van der Waals surface area contributed by atoms with Gasteiger partial charge in [0.1, 0.15) is 12.0 Å². The first-order valence-corrected chi connectivity index (χ1v) is 7.24. The molecule has 0 aromatic heterocycles. The van der Waals surface area contributed by atoms with E-state index >= 15 is 0 Å². The number of halogens is 3. The van der Waals surface area contributed by atoms with E-state index in [1.807, 2.05) is 0 Å². The Morgan fingerprint density at radius 3 is 2.68 bits per heavy atom. The van der Waals surface area contributed by atoms with Gasteiger partial charge in [-0.15, -0.1) is 4.99 Å². The summed E-state index contributed by atoms with van der Waals surface area (Å²) < 4.78 is 44.3. The van der Waals surface area contributed by atoms with E-state index in [2.05, 4.69) is 4.99 Å². The van der Waals surface area contributed by atoms with Gasteiger partial charge in [-0.2, -0.15) is 13.2 Å². The fourth-order valence-corrected chi connectivity index (χ4v) is 2.59. The first-order valence-electron chi connectivity index (χ1n) is 7.24. The van der Waals surface area contributed by atoms with Crippen LogP contribution in [-0.4, -0.2) is 40.8 Å². The van der Waals surface area contributed by atoms with E-state index in [0.717, 1.165) is 17.2 Å². The summed E-state index contributed by atoms with van der Waals surface area (Å²) in [4.78, 5) is 29.7. The van der Waals surface area contributed by atoms with Crippen molar-refractivity contribution in [2.75, 3.05) is 13.1 Å². The zero-order valence-corrected chi connectivity index (χ0v) is 12.8. The van der Waals surface area contributed by atoms with E-state index in [4.69, 9.17) is 10.5 Å². The summed E-state index contributed by atoms with van der Waals surface area (Å²) in [6.45, 7) is -0.103. The fraction of sp³-hybridized carbons (Fsp3) is 0.267. The molecule has 0 radical (unpaired) electrons. The second-order valence-electron chi connectivity index (χ2n) is 5.39. The number of rotatable bonds is 3. The van der Waals surface area contributed by atoms with Gasteiger partial charge in [0, 0.05) is 19.6 Å². The van der Waals surface area contributed by atoms with E-state index in [-0.39, 0.29) is 36.9 Å². The number of carbonyl (C=O) groups excluding carboxylic acids is 2. The molecule has 132 valence electrons. The highest BCUT2D eigenvalue weighted by Crippen LogP contribution is 2.32. The molecule has 1 aromatic rings. The van der Waals surface area contributed by atoms with Crippen LogP contribution in [0.3, 0.4) is 0 Å². The van der Waals surface area contributed by atoms with E-state index in [9.17, 15) is 22.8 Å². The van der Waals surface area contributed by atoms with Crippen LogP contribution in [0.15, 0.2) is 41.2 Å². The molecule has 3 rings (SSSR count). The number of aliphatic imine (C=N–C) groups is 1. The summed E-state index contributed by atoms with van der Waals surface area (Å²) in [5, 5.41) is 0. The Kier molecular flexibility index (Phi) is 4.11. The quantitative estimate of drug-likeness (QED) is 0.894. The first kappa shape index (κ1) is 16.8. The lowest BCUT2D eigenvalue weighted by Gasteiger charge is -2.22. The molecule has 0 atom stereocenters. The summed E-state index contributed by atoms with van der Waals surface area (Å²) in [7, 11) is 0. The van der Waals surface area contributed by atoms with Crippen molar-refractivity contribution in [1.82, 2.24) is 9.80 Å². The number of amidine groups is 1. The molecule has 0 unspecified atom stereocenters. The van der Waals surface area contributed by atoms with Gasteiger partial charge in [-0.3, -0.25) is 9.69 Å². The highest BCUT2D eigenvalue weighted by molar-refractivity contribution is 6.01. The fourth-order valence-electron chi connectivity index (χ4n) is 2.59. The minimum atomic E-state index is -4.53. The van der Waals surface area contributed by atoms with Crippen LogP contribution in [-0.2, 0) is 22.3 Å². The van der Waals surface area contributed by atoms with Gasteiger partial charge in [-0.05, 0) is 11.6 Å². The SMILES string of the molecule is NC(=O)C1=COC2=NC(=O)N(Cc3ccccc3C(F)(F)F)CCN12. The smallest absolute Gasteiger partial charge is 0.416 e. The van der Waals surface area contributed by atoms with Crippen LogP contribution in [0.1, 0.15) is 11.1 Å². The zero-order valence-electron chi connectivity index (χ0n) is 12.8. The molecule has 1 aromatic carbocycles. The van der Waals surface area contributed by atoms with Gasteiger partial charge in [-0.1, -0.05) is 18.2 Å². The summed E-state index contributed by atoms with van der Waals surface area (Å²) >= 11 is 0. The number of nitrogens with two attached hydrogens (primary N) is 1. The maximum Gasteiger partial charge on any atom is 0.416 e. The number of carbonyl (C=O) groups is 2. The number of urea groups is 1. The van der Waals surface area contributed by atoms with Crippen LogP contribution < -0.4 is 5.73 Å². The maximum atomic E-state index is 13.1. The second-order valence-corrected chi connectivity index (χ2v) is 5.39. The number of hydrogen-bond acceptors (Lipinski definition) is 4. The molecule has 2 heterocycles. The molecule has 0 aliphatic carbocycles. The molecular weight excluding hydrogens is 341 g/mol. The molecule has 0 saturated carbocycles. The molecule has 0 saturated heterocycles. The number of nitrogens with zero attached hydrogens (tertiary/aromatic N) is 3. The number of ether oxygens (including phenoxy) is 1. The van der Waals surface area contributed by atoms with Crippen molar-refractivity contribution in [3.05, 3.63) is 47.4 Å². The number of amides is 3. The van der Waals surface area contributed by atoms with Gasteiger partial charge in [0.25, 0.3) is 5.91 Å². The lowest BCUT2D eigenvalue weighted by molar-refractivity contribution is -0.138. The van der Waals surface area contributed by atoms with Gasteiger partial charge in [-0.25, -0.2) is 4.79 Å². The Hall–Kier alpha value is -3.04. The van der Waals surface area contributed by atoms with Crippen molar-refractivity contribution in [2.24, 2.45) is 10.7 Å². The van der Waals surface area contributed by atoms with Gasteiger partial charge >= 0.3 is 18.2 Å². The largest absolute Gasteiger partial charge is 0.431 e. The number of alkyl halides is 3. The lowest BCUT2D eigenvalue weighted by Crippen LogP contribution is -2.36. The van der Waals surface area contributed by atoms with Gasteiger partial charge in [0.05, 0.1) is 5.56 Å². The predicted octanol–water partition coefficient (Wildman–Crippen LogP) is 1.66. The van der Waals surface area contributed by atoms with Crippen molar-refractivity contribution in [3.63, 3.8) is 0 Å². The molecule has 10 heteroatoms. The van der Waals surface area contributed by atoms with E-state index in [1.165, 1.54) is 23.1 Å². The molecule has 0 bridgehead atoms. The highest BCUT2D eigenvalue weighted by Gasteiger charge is 2.36. The molecule has 0 spiro atoms. The lowest BCUT2D eigenvalue weighted by atomic mass is 10.1. The summed E-state index contributed by atoms with van der Waals surface area (Å²) in [6, 6.07) is 4.14. The molecule has 2 aliphatic heterocycles. The highest BCUT2D eigenvalue weighted by atomic mass is 19.4. The monoisotopic (exact) mass is 354 g/mol. The van der Waals surface area contributed by atoms with Crippen molar-refractivity contribution in [2.45, 2.75) is 12.7 Å². The molecule has 7 nitrogen and oxygen atoms in total. The first-order chi connectivity index (χ1) is 11.8. The van der Waals surface area contributed by atoms with Crippen molar-refractivity contribution in [3.8, 4) is 0 Å². The standard InChI is InChI=1S/C15H13F3N4O3/c16-15(17,18)10-4-2-1-3-9(10)7-21-5-6-22-11(12(19)23)8-25-14(22)20-13(21)24/h1-4,8H,5-7H2,(H2,19,23). The maximum absolute atomic E-state index is 13.1. The Balaban J connectivity index is 1.82. The minimum absolute atomic E-state index is 0.0316. The third kappa shape index (κ3) is 3.28. The third-order valence-electron chi connectivity index (χ3n) is 3.79. The van der Waals surface area contributed by atoms with Gasteiger partial charge in [0.15, 0.2) is 0 Å². The minimum Gasteiger partial charge on any atom is -0.431 e. The van der Waals surface area contributed by atoms with Gasteiger partial charge < -0.3 is 15.4 Å². The Morgan fingerprint density at radius 1 is 1.28 bits per heavy atom. The molecule has 25 heavy (non-hydrogen) atoms. The number of fused-ring (bicyclic) bond motifs is 1. The molecular formula is C15H13F3N4O3. The Labute approximate surface area is 140 Å². The Morgan fingerprint density at radius 2 is 2.00 bits per heavy atom. The average Bonchev–Trinajstić information content (AvgIpc) is 2.87. The molecule has 2 aliphatic rings.